The van der Waals surface area contributed by atoms with E-state index in [9.17, 15) is 4.79 Å². The van der Waals surface area contributed by atoms with Gasteiger partial charge in [-0.15, -0.1) is 0 Å². The van der Waals surface area contributed by atoms with Crippen LogP contribution in [0.2, 0.25) is 5.02 Å². The number of nitrogens with one attached hydrogen (secondary N) is 2. The number of benzene rings is 1. The van der Waals surface area contributed by atoms with E-state index in [0.29, 0.717) is 22.2 Å². The zero-order valence-corrected chi connectivity index (χ0v) is 14.2. The fourth-order valence-corrected chi connectivity index (χ4v) is 3.40. The van der Waals surface area contributed by atoms with Crippen molar-refractivity contribution in [1.29, 1.82) is 0 Å². The monoisotopic (exact) mass is 334 g/mol. The highest BCUT2D eigenvalue weighted by Gasteiger charge is 2.22. The van der Waals surface area contributed by atoms with Crippen molar-refractivity contribution in [2.75, 3.05) is 6.54 Å². The summed E-state index contributed by atoms with van der Waals surface area (Å²) < 4.78 is 6.11. The van der Waals surface area contributed by atoms with Gasteiger partial charge in [-0.3, -0.25) is 4.79 Å². The Morgan fingerprint density at radius 2 is 2.09 bits per heavy atom. The van der Waals surface area contributed by atoms with Crippen LogP contribution in [0.25, 0.3) is 10.8 Å². The molecule has 0 radical (unpaired) electrons. The van der Waals surface area contributed by atoms with Crippen LogP contribution in [0.15, 0.2) is 29.2 Å². The molecule has 5 heteroatoms. The quantitative estimate of drug-likeness (QED) is 0.872. The summed E-state index contributed by atoms with van der Waals surface area (Å²) in [5.41, 5.74) is -0.126. The second-order valence-corrected chi connectivity index (χ2v) is 6.63. The predicted octanol–water partition coefficient (Wildman–Crippen LogP) is 3.87. The van der Waals surface area contributed by atoms with E-state index < -0.39 is 0 Å². The first-order valence-electron chi connectivity index (χ1n) is 8.38. The average molecular weight is 335 g/mol. The van der Waals surface area contributed by atoms with Gasteiger partial charge in [0.05, 0.1) is 11.1 Å². The first-order chi connectivity index (χ1) is 11.2. The van der Waals surface area contributed by atoms with Crippen molar-refractivity contribution in [2.24, 2.45) is 0 Å². The number of aromatic nitrogens is 1. The third-order valence-electron chi connectivity index (χ3n) is 4.48. The predicted molar refractivity (Wildman–Crippen MR) is 94.5 cm³/mol. The standard InChI is InChI=1S/C18H23ClN2O2/c1-2-8-20-13-3-5-14(6-4-13)23-17-10-12-7-9-21-18(22)15(12)11-16(17)19/h7,9-11,13-14,20H,2-6,8H2,1H3,(H,21,22)/t13-,14-. The van der Waals surface area contributed by atoms with Crippen LogP contribution in [0.1, 0.15) is 39.0 Å². The lowest BCUT2D eigenvalue weighted by atomic mass is 9.93. The Kier molecular flexibility index (Phi) is 5.23. The van der Waals surface area contributed by atoms with Gasteiger partial charge in [0, 0.05) is 17.6 Å². The van der Waals surface area contributed by atoms with E-state index in [4.69, 9.17) is 16.3 Å². The summed E-state index contributed by atoms with van der Waals surface area (Å²) >= 11 is 6.30. The van der Waals surface area contributed by atoms with Gasteiger partial charge in [0.1, 0.15) is 5.75 Å². The number of H-pyrrole nitrogens is 1. The van der Waals surface area contributed by atoms with E-state index in [1.165, 1.54) is 6.42 Å². The van der Waals surface area contributed by atoms with Gasteiger partial charge in [0.2, 0.25) is 0 Å². The Hall–Kier alpha value is -1.52. The number of aromatic amines is 1. The molecular weight excluding hydrogens is 312 g/mol. The van der Waals surface area contributed by atoms with Crippen molar-refractivity contribution < 1.29 is 4.74 Å². The van der Waals surface area contributed by atoms with Crippen LogP contribution < -0.4 is 15.6 Å². The third-order valence-corrected chi connectivity index (χ3v) is 4.77. The molecule has 1 aromatic heterocycles. The molecule has 1 aliphatic carbocycles. The van der Waals surface area contributed by atoms with Gasteiger partial charge in [-0.1, -0.05) is 18.5 Å². The maximum atomic E-state index is 11.8. The fraction of sp³-hybridized carbons (Fsp3) is 0.500. The highest BCUT2D eigenvalue weighted by Crippen LogP contribution is 2.32. The Labute approximate surface area is 141 Å². The SMILES string of the molecule is CCCN[C@H]1CC[C@H](Oc2cc3cc[nH]c(=O)c3cc2Cl)CC1. The molecule has 0 amide bonds. The molecule has 124 valence electrons. The number of ether oxygens (including phenoxy) is 1. The molecule has 2 N–H and O–H groups in total. The number of halogens is 1. The van der Waals surface area contributed by atoms with Gasteiger partial charge in [0.25, 0.3) is 5.56 Å². The molecule has 0 unspecified atom stereocenters. The van der Waals surface area contributed by atoms with Crippen molar-refractivity contribution in [3.8, 4) is 5.75 Å². The van der Waals surface area contributed by atoms with Crippen molar-refractivity contribution in [2.45, 2.75) is 51.2 Å². The lowest BCUT2D eigenvalue weighted by molar-refractivity contribution is 0.140. The van der Waals surface area contributed by atoms with Crippen molar-refractivity contribution in [3.63, 3.8) is 0 Å². The maximum Gasteiger partial charge on any atom is 0.255 e. The van der Waals surface area contributed by atoms with E-state index in [0.717, 1.165) is 37.6 Å². The minimum absolute atomic E-state index is 0.126. The Bertz CT molecular complexity index is 721. The number of hydrogen-bond donors (Lipinski definition) is 2. The molecule has 1 heterocycles. The van der Waals surface area contributed by atoms with Crippen LogP contribution in [-0.2, 0) is 0 Å². The summed E-state index contributed by atoms with van der Waals surface area (Å²) in [7, 11) is 0. The summed E-state index contributed by atoms with van der Waals surface area (Å²) in [5, 5.41) is 5.53. The summed E-state index contributed by atoms with van der Waals surface area (Å²) in [6.07, 6.45) is 7.35. The lowest BCUT2D eigenvalue weighted by Crippen LogP contribution is -2.36. The summed E-state index contributed by atoms with van der Waals surface area (Å²) in [6.45, 7) is 3.27. The lowest BCUT2D eigenvalue weighted by Gasteiger charge is -2.30. The Balaban J connectivity index is 1.68. The third kappa shape index (κ3) is 3.88. The highest BCUT2D eigenvalue weighted by molar-refractivity contribution is 6.32. The normalized spacial score (nSPS) is 21.5. The molecule has 1 aromatic carbocycles. The average Bonchev–Trinajstić information content (AvgIpc) is 2.56. The Morgan fingerprint density at radius 1 is 1.30 bits per heavy atom. The second-order valence-electron chi connectivity index (χ2n) is 6.22. The minimum Gasteiger partial charge on any atom is -0.489 e. The van der Waals surface area contributed by atoms with Crippen molar-refractivity contribution in [1.82, 2.24) is 10.3 Å². The van der Waals surface area contributed by atoms with Crippen LogP contribution in [0, 0.1) is 0 Å². The zero-order valence-electron chi connectivity index (χ0n) is 13.4. The van der Waals surface area contributed by atoms with Gasteiger partial charge < -0.3 is 15.0 Å². The van der Waals surface area contributed by atoms with E-state index in [-0.39, 0.29) is 11.7 Å². The fourth-order valence-electron chi connectivity index (χ4n) is 3.19. The molecule has 23 heavy (non-hydrogen) atoms. The summed E-state index contributed by atoms with van der Waals surface area (Å²) in [6, 6.07) is 6.04. The van der Waals surface area contributed by atoms with Crippen LogP contribution in [-0.4, -0.2) is 23.7 Å². The zero-order chi connectivity index (χ0) is 16.2. The highest BCUT2D eigenvalue weighted by atomic mass is 35.5. The van der Waals surface area contributed by atoms with Gasteiger partial charge >= 0.3 is 0 Å². The summed E-state index contributed by atoms with van der Waals surface area (Å²) in [5.74, 6) is 0.676. The van der Waals surface area contributed by atoms with Gasteiger partial charge in [-0.25, -0.2) is 0 Å². The van der Waals surface area contributed by atoms with E-state index in [1.807, 2.05) is 12.1 Å². The van der Waals surface area contributed by atoms with E-state index >= 15 is 0 Å². The number of pyridine rings is 1. The number of fused-ring (bicyclic) bond motifs is 1. The molecule has 4 nitrogen and oxygen atoms in total. The molecule has 1 saturated carbocycles. The van der Waals surface area contributed by atoms with E-state index in [1.54, 1.807) is 12.3 Å². The maximum absolute atomic E-state index is 11.8. The number of hydrogen-bond acceptors (Lipinski definition) is 3. The van der Waals surface area contributed by atoms with Crippen molar-refractivity contribution in [3.05, 3.63) is 39.8 Å². The number of rotatable bonds is 5. The summed E-state index contributed by atoms with van der Waals surface area (Å²) in [4.78, 5) is 14.5. The topological polar surface area (TPSA) is 54.1 Å². The van der Waals surface area contributed by atoms with Gasteiger partial charge in [-0.05, 0) is 62.2 Å². The second kappa shape index (κ2) is 7.37. The van der Waals surface area contributed by atoms with Gasteiger partial charge in [0.15, 0.2) is 0 Å². The minimum atomic E-state index is -0.126. The van der Waals surface area contributed by atoms with Crippen molar-refractivity contribution >= 4 is 22.4 Å². The molecule has 0 bridgehead atoms. The molecule has 1 fully saturated rings. The largest absolute Gasteiger partial charge is 0.489 e. The molecule has 0 spiro atoms. The molecule has 0 atom stereocenters. The molecule has 3 rings (SSSR count). The molecule has 0 aliphatic heterocycles. The van der Waals surface area contributed by atoms with Crippen LogP contribution in [0.4, 0.5) is 0 Å². The van der Waals surface area contributed by atoms with Crippen LogP contribution in [0.5, 0.6) is 5.75 Å². The molecule has 1 aliphatic rings. The van der Waals surface area contributed by atoms with Crippen LogP contribution >= 0.6 is 11.6 Å². The molecule has 2 aromatic rings. The van der Waals surface area contributed by atoms with Crippen LogP contribution in [0.3, 0.4) is 0 Å². The first kappa shape index (κ1) is 16.3. The molecule has 0 saturated heterocycles. The smallest absolute Gasteiger partial charge is 0.255 e. The first-order valence-corrected chi connectivity index (χ1v) is 8.76. The van der Waals surface area contributed by atoms with E-state index in [2.05, 4.69) is 17.2 Å². The Morgan fingerprint density at radius 3 is 2.83 bits per heavy atom. The van der Waals surface area contributed by atoms with Gasteiger partial charge in [-0.2, -0.15) is 0 Å². The molecular formula is C18H23ClN2O2.